The van der Waals surface area contributed by atoms with E-state index in [2.05, 4.69) is 39.2 Å². The summed E-state index contributed by atoms with van der Waals surface area (Å²) >= 11 is 3.24. The van der Waals surface area contributed by atoms with Crippen LogP contribution in [0.25, 0.3) is 0 Å². The summed E-state index contributed by atoms with van der Waals surface area (Å²) in [5, 5.41) is 16.7. The highest BCUT2D eigenvalue weighted by atomic mass is 32.1. The molecule has 2 aromatic heterocycles. The highest BCUT2D eigenvalue weighted by molar-refractivity contribution is 7.15. The standard InChI is InChI=1S/C15H21N5OS2/c1-9(2)12-18-19-14(23-12)20-6-5-15(8-20,17-11(4)21)13-16-10(3)7-22-13/h7,9H,5-6,8H2,1-4H3,(H,17,21). The van der Waals surface area contributed by atoms with Crippen LogP contribution >= 0.6 is 22.7 Å². The molecule has 1 saturated heterocycles. The third kappa shape index (κ3) is 3.23. The van der Waals surface area contributed by atoms with Gasteiger partial charge in [0.15, 0.2) is 0 Å². The summed E-state index contributed by atoms with van der Waals surface area (Å²) in [4.78, 5) is 18.6. The fourth-order valence-corrected chi connectivity index (χ4v) is 4.65. The first-order chi connectivity index (χ1) is 10.9. The Morgan fingerprint density at radius 2 is 2.22 bits per heavy atom. The van der Waals surface area contributed by atoms with Gasteiger partial charge in [-0.2, -0.15) is 0 Å². The van der Waals surface area contributed by atoms with Gasteiger partial charge in [0.25, 0.3) is 0 Å². The molecule has 0 aliphatic carbocycles. The van der Waals surface area contributed by atoms with Crippen LogP contribution < -0.4 is 10.2 Å². The highest BCUT2D eigenvalue weighted by Crippen LogP contribution is 2.37. The molecule has 1 atom stereocenters. The number of carbonyl (C=O) groups is 1. The predicted octanol–water partition coefficient (Wildman–Crippen LogP) is 2.67. The quantitative estimate of drug-likeness (QED) is 0.917. The Hall–Kier alpha value is -1.54. The molecule has 1 aliphatic heterocycles. The average Bonchev–Trinajstić information content (AvgIpc) is 3.16. The Bertz CT molecular complexity index is 710. The van der Waals surface area contributed by atoms with E-state index < -0.39 is 5.54 Å². The van der Waals surface area contributed by atoms with Gasteiger partial charge in [-0.1, -0.05) is 25.2 Å². The van der Waals surface area contributed by atoms with Crippen molar-refractivity contribution in [3.8, 4) is 0 Å². The minimum Gasteiger partial charge on any atom is -0.344 e. The molecule has 0 radical (unpaired) electrons. The smallest absolute Gasteiger partial charge is 0.217 e. The SMILES string of the molecule is CC(=O)NC1(c2nc(C)cs2)CCN(c2nnc(C(C)C)s2)C1. The third-order valence-corrected chi connectivity index (χ3v) is 6.36. The molecule has 6 nitrogen and oxygen atoms in total. The number of anilines is 1. The van der Waals surface area contributed by atoms with Crippen LogP contribution in [0.1, 0.15) is 48.8 Å². The number of nitrogens with zero attached hydrogens (tertiary/aromatic N) is 4. The summed E-state index contributed by atoms with van der Waals surface area (Å²) in [7, 11) is 0. The van der Waals surface area contributed by atoms with Crippen molar-refractivity contribution in [3.05, 3.63) is 21.1 Å². The Labute approximate surface area is 144 Å². The molecule has 124 valence electrons. The molecule has 2 aromatic rings. The Kier molecular flexibility index (Phi) is 4.37. The third-order valence-electron chi connectivity index (χ3n) is 3.91. The van der Waals surface area contributed by atoms with Crippen LogP contribution in [0.5, 0.6) is 0 Å². The monoisotopic (exact) mass is 351 g/mol. The Balaban J connectivity index is 1.87. The average molecular weight is 352 g/mol. The summed E-state index contributed by atoms with van der Waals surface area (Å²) < 4.78 is 0. The van der Waals surface area contributed by atoms with Crippen LogP contribution in [0, 0.1) is 6.92 Å². The number of carbonyl (C=O) groups excluding carboxylic acids is 1. The van der Waals surface area contributed by atoms with E-state index in [1.165, 1.54) is 0 Å². The van der Waals surface area contributed by atoms with Gasteiger partial charge in [-0.05, 0) is 13.3 Å². The van der Waals surface area contributed by atoms with Gasteiger partial charge in [-0.3, -0.25) is 4.79 Å². The van der Waals surface area contributed by atoms with E-state index in [0.717, 1.165) is 33.8 Å². The van der Waals surface area contributed by atoms with Crippen LogP contribution in [0.3, 0.4) is 0 Å². The number of aromatic nitrogens is 3. The van der Waals surface area contributed by atoms with Crippen molar-refractivity contribution in [3.63, 3.8) is 0 Å². The van der Waals surface area contributed by atoms with E-state index in [4.69, 9.17) is 0 Å². The number of thiazole rings is 1. The fourth-order valence-electron chi connectivity index (χ4n) is 2.80. The Morgan fingerprint density at radius 1 is 1.43 bits per heavy atom. The second-order valence-corrected chi connectivity index (χ2v) is 8.15. The zero-order chi connectivity index (χ0) is 16.6. The normalized spacial score (nSPS) is 21.2. The van der Waals surface area contributed by atoms with Crippen LogP contribution in [0.2, 0.25) is 0 Å². The lowest BCUT2D eigenvalue weighted by Gasteiger charge is -2.27. The number of hydrogen-bond acceptors (Lipinski definition) is 7. The molecule has 1 aliphatic rings. The van der Waals surface area contributed by atoms with E-state index in [1.807, 2.05) is 12.3 Å². The minimum atomic E-state index is -0.422. The topological polar surface area (TPSA) is 71.0 Å². The molecule has 1 amide bonds. The lowest BCUT2D eigenvalue weighted by molar-refractivity contribution is -0.120. The maximum atomic E-state index is 11.7. The van der Waals surface area contributed by atoms with Gasteiger partial charge in [-0.25, -0.2) is 4.98 Å². The van der Waals surface area contributed by atoms with Crippen LogP contribution in [-0.2, 0) is 10.3 Å². The second kappa shape index (κ2) is 6.16. The van der Waals surface area contributed by atoms with Crippen molar-refractivity contribution in [1.82, 2.24) is 20.5 Å². The van der Waals surface area contributed by atoms with Gasteiger partial charge >= 0.3 is 0 Å². The molecular formula is C15H21N5OS2. The summed E-state index contributed by atoms with van der Waals surface area (Å²) in [6.07, 6.45) is 0.829. The van der Waals surface area contributed by atoms with Gasteiger partial charge in [0.05, 0.1) is 0 Å². The van der Waals surface area contributed by atoms with E-state index in [0.29, 0.717) is 12.5 Å². The van der Waals surface area contributed by atoms with Crippen molar-refractivity contribution >= 4 is 33.7 Å². The minimum absolute atomic E-state index is 0.0279. The molecule has 8 heteroatoms. The van der Waals surface area contributed by atoms with Crippen molar-refractivity contribution in [1.29, 1.82) is 0 Å². The van der Waals surface area contributed by atoms with E-state index in [-0.39, 0.29) is 5.91 Å². The molecule has 1 N–H and O–H groups in total. The Morgan fingerprint density at radius 3 is 2.78 bits per heavy atom. The van der Waals surface area contributed by atoms with Gasteiger partial charge in [0.2, 0.25) is 11.0 Å². The number of hydrogen-bond donors (Lipinski definition) is 1. The molecular weight excluding hydrogens is 330 g/mol. The lowest BCUT2D eigenvalue weighted by Crippen LogP contribution is -2.47. The first kappa shape index (κ1) is 16.3. The van der Waals surface area contributed by atoms with Crippen molar-refractivity contribution in [2.45, 2.75) is 45.6 Å². The molecule has 1 unspecified atom stereocenters. The molecule has 0 spiro atoms. The highest BCUT2D eigenvalue weighted by Gasteiger charge is 2.43. The van der Waals surface area contributed by atoms with E-state index >= 15 is 0 Å². The van der Waals surface area contributed by atoms with Crippen molar-refractivity contribution in [2.24, 2.45) is 0 Å². The van der Waals surface area contributed by atoms with E-state index in [9.17, 15) is 4.79 Å². The van der Waals surface area contributed by atoms with E-state index in [1.54, 1.807) is 29.6 Å². The molecule has 1 fully saturated rings. The van der Waals surface area contributed by atoms with Crippen LogP contribution in [0.15, 0.2) is 5.38 Å². The van der Waals surface area contributed by atoms with Crippen LogP contribution in [0.4, 0.5) is 5.13 Å². The fraction of sp³-hybridized carbons (Fsp3) is 0.600. The van der Waals surface area contributed by atoms with Crippen molar-refractivity contribution in [2.75, 3.05) is 18.0 Å². The van der Waals surface area contributed by atoms with Gasteiger partial charge in [0, 0.05) is 37.0 Å². The predicted molar refractivity (Wildman–Crippen MR) is 93.2 cm³/mol. The molecule has 3 heterocycles. The first-order valence-corrected chi connectivity index (χ1v) is 9.39. The number of aryl methyl sites for hydroxylation is 1. The second-order valence-electron chi connectivity index (χ2n) is 6.31. The molecule has 0 saturated carbocycles. The maximum absolute atomic E-state index is 11.7. The van der Waals surface area contributed by atoms with Gasteiger partial charge in [-0.15, -0.1) is 21.5 Å². The zero-order valence-electron chi connectivity index (χ0n) is 13.8. The number of nitrogens with one attached hydrogen (secondary N) is 1. The van der Waals surface area contributed by atoms with Crippen molar-refractivity contribution < 1.29 is 4.79 Å². The molecule has 0 bridgehead atoms. The van der Waals surface area contributed by atoms with Gasteiger partial charge < -0.3 is 10.2 Å². The molecule has 3 rings (SSSR count). The largest absolute Gasteiger partial charge is 0.344 e. The van der Waals surface area contributed by atoms with Gasteiger partial charge in [0.1, 0.15) is 15.6 Å². The molecule has 23 heavy (non-hydrogen) atoms. The summed E-state index contributed by atoms with van der Waals surface area (Å²) in [5.41, 5.74) is 0.570. The summed E-state index contributed by atoms with van der Waals surface area (Å²) in [6, 6.07) is 0. The summed E-state index contributed by atoms with van der Waals surface area (Å²) in [5.74, 6) is 0.352. The summed E-state index contributed by atoms with van der Waals surface area (Å²) in [6.45, 7) is 9.31. The molecule has 0 aromatic carbocycles. The lowest BCUT2D eigenvalue weighted by atomic mass is 9.99. The number of rotatable bonds is 4. The maximum Gasteiger partial charge on any atom is 0.217 e. The zero-order valence-corrected chi connectivity index (χ0v) is 15.4. The first-order valence-electron chi connectivity index (χ1n) is 7.69. The number of amides is 1. The van der Waals surface area contributed by atoms with Crippen LogP contribution in [-0.4, -0.2) is 34.2 Å².